The lowest BCUT2D eigenvalue weighted by Gasteiger charge is -2.11. The Balaban J connectivity index is 1.12. The van der Waals surface area contributed by atoms with Gasteiger partial charge < -0.3 is 8.98 Å². The molecule has 4 heterocycles. The van der Waals surface area contributed by atoms with Gasteiger partial charge in [0.15, 0.2) is 22.8 Å². The topological polar surface area (TPSA) is 61.7 Å². The first-order valence-electron chi connectivity index (χ1n) is 20.5. The lowest BCUT2D eigenvalue weighted by Crippen LogP contribution is -2.06. The zero-order valence-electron chi connectivity index (χ0n) is 32.7. The van der Waals surface area contributed by atoms with Crippen molar-refractivity contribution in [3.63, 3.8) is 0 Å². The fourth-order valence-corrected chi connectivity index (χ4v) is 9.36. The molecule has 0 saturated carbocycles. The van der Waals surface area contributed by atoms with Crippen molar-refractivity contribution in [3.8, 4) is 45.5 Å². The number of nitrogens with zero attached hydrogens (tertiary/aromatic N) is 5. The summed E-state index contributed by atoms with van der Waals surface area (Å²) in [7, 11) is 0. The summed E-state index contributed by atoms with van der Waals surface area (Å²) in [4.78, 5) is 15.7. The summed E-state index contributed by atoms with van der Waals surface area (Å²) >= 11 is 0. The summed E-state index contributed by atoms with van der Waals surface area (Å²) in [5, 5.41) is 8.92. The van der Waals surface area contributed by atoms with Crippen LogP contribution in [0.1, 0.15) is 0 Å². The van der Waals surface area contributed by atoms with E-state index in [2.05, 4.69) is 173 Å². The first-order chi connectivity index (χ1) is 30.2. The number of aromatic nitrogens is 5. The molecule has 6 nitrogen and oxygen atoms in total. The maximum absolute atomic E-state index is 7.33. The molecular weight excluding hydrogens is 747 g/mol. The highest BCUT2D eigenvalue weighted by atomic mass is 16.3. The van der Waals surface area contributed by atoms with Crippen LogP contribution in [0.25, 0.3) is 122 Å². The van der Waals surface area contributed by atoms with E-state index in [0.29, 0.717) is 17.6 Å². The molecule has 0 amide bonds. The number of rotatable bonds is 5. The molecule has 9 aromatic carbocycles. The molecule has 4 aromatic heterocycles. The highest BCUT2D eigenvalue weighted by molar-refractivity contribution is 6.26. The van der Waals surface area contributed by atoms with E-state index in [-0.39, 0.29) is 0 Å². The van der Waals surface area contributed by atoms with E-state index < -0.39 is 0 Å². The average molecular weight is 780 g/mol. The van der Waals surface area contributed by atoms with E-state index in [9.17, 15) is 0 Å². The van der Waals surface area contributed by atoms with Crippen molar-refractivity contribution in [3.05, 3.63) is 200 Å². The Labute approximate surface area is 349 Å². The quantitative estimate of drug-likeness (QED) is 0.175. The number of para-hydroxylation sites is 2. The van der Waals surface area contributed by atoms with Gasteiger partial charge in [0.25, 0.3) is 0 Å². The SMILES string of the molecule is c1ccc(-c2cccc(-c3nc(-c4ccccc4)nc(-n4c5ccccc5c5ccc6c7ccc8c9ccccc9n(-c9ccc%10ccccc%10c9)c8c7oc6c54)n3)c2)cc1. The van der Waals surface area contributed by atoms with Crippen LogP contribution >= 0.6 is 0 Å². The van der Waals surface area contributed by atoms with Gasteiger partial charge in [0.05, 0.1) is 16.6 Å². The molecule has 0 aliphatic carbocycles. The third kappa shape index (κ3) is 5.12. The van der Waals surface area contributed by atoms with Crippen molar-refractivity contribution < 1.29 is 4.42 Å². The standard InChI is InChI=1S/C55H33N5O/c1-3-14-34(15-4-1)37-20-13-21-39(32-37)54-56-53(36-17-5-2-6-18-36)57-55(58-54)60-48-25-12-10-23-42(48)44-29-31-46-45-30-28-43-41-22-9-11-24-47(41)59(49(43)51(45)61-52(46)50(44)60)40-27-26-35-16-7-8-19-38(35)33-40/h1-33H. The number of fused-ring (bicyclic) bond motifs is 12. The van der Waals surface area contributed by atoms with E-state index in [4.69, 9.17) is 19.4 Å². The Morgan fingerprint density at radius 1 is 0.328 bits per heavy atom. The van der Waals surface area contributed by atoms with Gasteiger partial charge in [-0.1, -0.05) is 158 Å². The van der Waals surface area contributed by atoms with Gasteiger partial charge >= 0.3 is 0 Å². The number of benzene rings is 9. The molecule has 13 rings (SSSR count). The Hall–Kier alpha value is -8.35. The summed E-state index contributed by atoms with van der Waals surface area (Å²) in [6.07, 6.45) is 0. The molecule has 0 aliphatic rings. The van der Waals surface area contributed by atoms with Crippen LogP contribution in [0.5, 0.6) is 0 Å². The molecule has 0 spiro atoms. The van der Waals surface area contributed by atoms with Crippen molar-refractivity contribution in [2.45, 2.75) is 0 Å². The molecule has 0 N–H and O–H groups in total. The molecule has 0 unspecified atom stereocenters. The van der Waals surface area contributed by atoms with Crippen LogP contribution in [0.15, 0.2) is 205 Å². The minimum Gasteiger partial charge on any atom is -0.452 e. The number of hydrogen-bond acceptors (Lipinski definition) is 4. The summed E-state index contributed by atoms with van der Waals surface area (Å²) in [5.41, 5.74) is 10.8. The molecule has 6 heteroatoms. The lowest BCUT2D eigenvalue weighted by atomic mass is 10.0. The smallest absolute Gasteiger partial charge is 0.238 e. The van der Waals surface area contributed by atoms with Crippen LogP contribution in [0.2, 0.25) is 0 Å². The summed E-state index contributed by atoms with van der Waals surface area (Å²) in [6, 6.07) is 70.2. The fourth-order valence-electron chi connectivity index (χ4n) is 9.36. The van der Waals surface area contributed by atoms with Crippen LogP contribution < -0.4 is 0 Å². The zero-order valence-corrected chi connectivity index (χ0v) is 32.7. The van der Waals surface area contributed by atoms with Crippen LogP contribution in [-0.4, -0.2) is 24.1 Å². The monoisotopic (exact) mass is 779 g/mol. The molecule has 13 aromatic rings. The van der Waals surface area contributed by atoms with Crippen LogP contribution in [0, 0.1) is 0 Å². The van der Waals surface area contributed by atoms with E-state index >= 15 is 0 Å². The third-order valence-electron chi connectivity index (χ3n) is 12.1. The number of hydrogen-bond donors (Lipinski definition) is 0. The van der Waals surface area contributed by atoms with Gasteiger partial charge in [0.1, 0.15) is 5.52 Å². The molecule has 0 radical (unpaired) electrons. The Morgan fingerprint density at radius 2 is 0.852 bits per heavy atom. The van der Waals surface area contributed by atoms with Gasteiger partial charge in [-0.15, -0.1) is 0 Å². The molecule has 0 bridgehead atoms. The minimum atomic E-state index is 0.517. The van der Waals surface area contributed by atoms with Gasteiger partial charge in [0.2, 0.25) is 5.95 Å². The van der Waals surface area contributed by atoms with Gasteiger partial charge in [-0.05, 0) is 64.4 Å². The Kier molecular flexibility index (Phi) is 7.21. The fraction of sp³-hybridized carbons (Fsp3) is 0. The Morgan fingerprint density at radius 3 is 1.56 bits per heavy atom. The van der Waals surface area contributed by atoms with Crippen molar-refractivity contribution in [2.24, 2.45) is 0 Å². The lowest BCUT2D eigenvalue weighted by molar-refractivity contribution is 0.673. The highest BCUT2D eigenvalue weighted by Crippen LogP contribution is 2.44. The number of furan rings is 1. The summed E-state index contributed by atoms with van der Waals surface area (Å²) < 4.78 is 11.9. The maximum atomic E-state index is 7.33. The van der Waals surface area contributed by atoms with Crippen molar-refractivity contribution in [1.29, 1.82) is 0 Å². The van der Waals surface area contributed by atoms with Crippen molar-refractivity contribution >= 4 is 76.3 Å². The van der Waals surface area contributed by atoms with E-state index in [0.717, 1.165) is 88.1 Å². The average Bonchev–Trinajstić information content (AvgIpc) is 4.00. The van der Waals surface area contributed by atoms with Gasteiger partial charge in [-0.3, -0.25) is 4.57 Å². The van der Waals surface area contributed by atoms with Gasteiger partial charge in [-0.25, -0.2) is 4.98 Å². The summed E-state index contributed by atoms with van der Waals surface area (Å²) in [5.74, 6) is 1.70. The van der Waals surface area contributed by atoms with Crippen molar-refractivity contribution in [2.75, 3.05) is 0 Å². The van der Waals surface area contributed by atoms with Gasteiger partial charge in [-0.2, -0.15) is 9.97 Å². The predicted octanol–water partition coefficient (Wildman–Crippen LogP) is 14.1. The molecule has 0 fully saturated rings. The normalized spacial score (nSPS) is 11.9. The summed E-state index contributed by atoms with van der Waals surface area (Å²) in [6.45, 7) is 0. The maximum Gasteiger partial charge on any atom is 0.238 e. The first-order valence-corrected chi connectivity index (χ1v) is 20.5. The molecule has 61 heavy (non-hydrogen) atoms. The first kappa shape index (κ1) is 33.6. The second-order valence-electron chi connectivity index (χ2n) is 15.6. The second-order valence-corrected chi connectivity index (χ2v) is 15.6. The molecule has 0 saturated heterocycles. The van der Waals surface area contributed by atoms with E-state index in [1.807, 2.05) is 36.4 Å². The zero-order chi connectivity index (χ0) is 40.0. The van der Waals surface area contributed by atoms with E-state index in [1.165, 1.54) is 16.2 Å². The highest BCUT2D eigenvalue weighted by Gasteiger charge is 2.24. The second kappa shape index (κ2) is 13.1. The molecule has 0 atom stereocenters. The largest absolute Gasteiger partial charge is 0.452 e. The molecular formula is C55H33N5O. The third-order valence-corrected chi connectivity index (χ3v) is 12.1. The van der Waals surface area contributed by atoms with Gasteiger partial charge in [0, 0.05) is 49.1 Å². The van der Waals surface area contributed by atoms with Crippen LogP contribution in [0.3, 0.4) is 0 Å². The molecule has 0 aliphatic heterocycles. The van der Waals surface area contributed by atoms with Crippen LogP contribution in [0.4, 0.5) is 0 Å². The van der Waals surface area contributed by atoms with Crippen molar-refractivity contribution in [1.82, 2.24) is 24.1 Å². The Bertz CT molecular complexity index is 3880. The van der Waals surface area contributed by atoms with E-state index in [1.54, 1.807) is 0 Å². The van der Waals surface area contributed by atoms with Crippen LogP contribution in [-0.2, 0) is 0 Å². The predicted molar refractivity (Wildman–Crippen MR) is 250 cm³/mol. The molecule has 284 valence electrons. The minimum absolute atomic E-state index is 0.517.